The monoisotopic (exact) mass is 416 g/mol. The van der Waals surface area contributed by atoms with Crippen molar-refractivity contribution in [3.05, 3.63) is 64.7 Å². The Kier molecular flexibility index (Phi) is 6.71. The molecule has 8 heteroatoms. The van der Waals surface area contributed by atoms with Gasteiger partial charge in [-0.15, -0.1) is 12.4 Å². The lowest BCUT2D eigenvalue weighted by Crippen LogP contribution is -2.45. The van der Waals surface area contributed by atoms with E-state index in [1.54, 1.807) is 16.4 Å². The van der Waals surface area contributed by atoms with E-state index in [1.165, 1.54) is 0 Å². The lowest BCUT2D eigenvalue weighted by atomic mass is 9.96. The van der Waals surface area contributed by atoms with Crippen LogP contribution in [0.5, 0.6) is 0 Å². The first-order valence-corrected chi connectivity index (χ1v) is 9.99. The predicted octanol–water partition coefficient (Wildman–Crippen LogP) is 2.78. The van der Waals surface area contributed by atoms with Gasteiger partial charge in [0.2, 0.25) is 10.0 Å². The highest BCUT2D eigenvalue weighted by Gasteiger charge is 2.46. The van der Waals surface area contributed by atoms with Crippen LogP contribution in [-0.4, -0.2) is 37.3 Å². The number of sulfonamides is 1. The van der Waals surface area contributed by atoms with Crippen molar-refractivity contribution < 1.29 is 13.9 Å². The Labute approximate surface area is 165 Å². The van der Waals surface area contributed by atoms with Gasteiger partial charge in [0.05, 0.1) is 10.9 Å². The number of piperidine rings is 1. The number of fused-ring (bicyclic) bond motifs is 1. The van der Waals surface area contributed by atoms with Crippen LogP contribution >= 0.6 is 24.0 Å². The molecular formula is C18H22Cl2N2O3S. The average Bonchev–Trinajstić information content (AvgIpc) is 2.84. The van der Waals surface area contributed by atoms with E-state index in [9.17, 15) is 8.42 Å². The summed E-state index contributed by atoms with van der Waals surface area (Å²) in [5.74, 6) is 0. The van der Waals surface area contributed by atoms with Crippen molar-refractivity contribution in [2.75, 3.05) is 13.1 Å². The SMILES string of the molecule is Cl.O.O=S1(=O)c2ccccc2C(c2ccc(Cl)cc2)N1C1CCNCC1. The highest BCUT2D eigenvalue weighted by Crippen LogP contribution is 2.45. The molecular weight excluding hydrogens is 395 g/mol. The molecule has 3 N–H and O–H groups in total. The second-order valence-electron chi connectivity index (χ2n) is 6.31. The van der Waals surface area contributed by atoms with E-state index in [0.717, 1.165) is 37.1 Å². The molecule has 0 saturated carbocycles. The van der Waals surface area contributed by atoms with Gasteiger partial charge in [0, 0.05) is 11.1 Å². The predicted molar refractivity (Wildman–Crippen MR) is 106 cm³/mol. The van der Waals surface area contributed by atoms with Gasteiger partial charge >= 0.3 is 0 Å². The van der Waals surface area contributed by atoms with Gasteiger partial charge in [-0.05, 0) is 55.3 Å². The average molecular weight is 417 g/mol. The molecule has 5 nitrogen and oxygen atoms in total. The van der Waals surface area contributed by atoms with Gasteiger partial charge < -0.3 is 10.8 Å². The van der Waals surface area contributed by atoms with Gasteiger partial charge in [-0.1, -0.05) is 41.9 Å². The first-order valence-electron chi connectivity index (χ1n) is 8.18. The van der Waals surface area contributed by atoms with Crippen molar-refractivity contribution in [2.45, 2.75) is 29.8 Å². The van der Waals surface area contributed by atoms with Crippen LogP contribution in [0.25, 0.3) is 0 Å². The molecule has 2 aliphatic heterocycles. The molecule has 0 aliphatic carbocycles. The number of hydrogen-bond donors (Lipinski definition) is 1. The highest BCUT2D eigenvalue weighted by atomic mass is 35.5. The molecule has 0 radical (unpaired) electrons. The van der Waals surface area contributed by atoms with Crippen LogP contribution in [0, 0.1) is 0 Å². The van der Waals surface area contributed by atoms with Crippen molar-refractivity contribution in [1.29, 1.82) is 0 Å². The smallest absolute Gasteiger partial charge is 0.244 e. The third-order valence-electron chi connectivity index (χ3n) is 4.88. The van der Waals surface area contributed by atoms with E-state index in [2.05, 4.69) is 5.32 Å². The minimum absolute atomic E-state index is 0. The molecule has 142 valence electrons. The summed E-state index contributed by atoms with van der Waals surface area (Å²) in [6.45, 7) is 1.70. The molecule has 26 heavy (non-hydrogen) atoms. The maximum absolute atomic E-state index is 13.2. The topological polar surface area (TPSA) is 80.9 Å². The first kappa shape index (κ1) is 21.2. The molecule has 4 rings (SSSR count). The standard InChI is InChI=1S/C18H19ClN2O2S.ClH.H2O/c19-14-7-5-13(6-8-14)18-16-3-1-2-4-17(16)24(22,23)21(18)15-9-11-20-12-10-15;;/h1-8,15,18,20H,9-12H2;1H;1H2. The number of rotatable bonds is 2. The van der Waals surface area contributed by atoms with Gasteiger partial charge in [-0.25, -0.2) is 8.42 Å². The zero-order valence-corrected chi connectivity index (χ0v) is 16.4. The molecule has 2 aromatic rings. The molecule has 0 bridgehead atoms. The molecule has 1 saturated heterocycles. The van der Waals surface area contributed by atoms with Gasteiger partial charge in [-0.3, -0.25) is 0 Å². The van der Waals surface area contributed by atoms with Gasteiger partial charge in [-0.2, -0.15) is 4.31 Å². The molecule has 2 aromatic carbocycles. The third kappa shape index (κ3) is 3.50. The van der Waals surface area contributed by atoms with Crippen LogP contribution in [0.2, 0.25) is 5.02 Å². The van der Waals surface area contributed by atoms with E-state index >= 15 is 0 Å². The lowest BCUT2D eigenvalue weighted by Gasteiger charge is -2.34. The maximum Gasteiger partial charge on any atom is 0.244 e. The van der Waals surface area contributed by atoms with Gasteiger partial charge in [0.1, 0.15) is 0 Å². The summed E-state index contributed by atoms with van der Waals surface area (Å²) >= 11 is 6.02. The molecule has 0 spiro atoms. The maximum atomic E-state index is 13.2. The fourth-order valence-electron chi connectivity index (χ4n) is 3.77. The molecule has 1 unspecified atom stereocenters. The fourth-order valence-corrected chi connectivity index (χ4v) is 5.97. The fraction of sp³-hybridized carbons (Fsp3) is 0.333. The molecule has 0 aromatic heterocycles. The van der Waals surface area contributed by atoms with Crippen LogP contribution in [0.3, 0.4) is 0 Å². The first-order chi connectivity index (χ1) is 11.6. The van der Waals surface area contributed by atoms with E-state index < -0.39 is 10.0 Å². The van der Waals surface area contributed by atoms with Crippen LogP contribution < -0.4 is 5.32 Å². The third-order valence-corrected chi connectivity index (χ3v) is 7.12. The Morgan fingerprint density at radius 1 is 1.00 bits per heavy atom. The Morgan fingerprint density at radius 3 is 2.27 bits per heavy atom. The van der Waals surface area contributed by atoms with Crippen molar-refractivity contribution in [2.24, 2.45) is 0 Å². The molecule has 2 heterocycles. The van der Waals surface area contributed by atoms with Crippen LogP contribution in [0.4, 0.5) is 0 Å². The molecule has 1 atom stereocenters. The van der Waals surface area contributed by atoms with Gasteiger partial charge in [0.25, 0.3) is 0 Å². The second kappa shape index (κ2) is 8.25. The van der Waals surface area contributed by atoms with E-state index in [1.807, 2.05) is 36.4 Å². The molecule has 1 fully saturated rings. The Hall–Kier alpha value is -1.15. The summed E-state index contributed by atoms with van der Waals surface area (Å²) in [7, 11) is -3.48. The zero-order valence-electron chi connectivity index (χ0n) is 14.1. The Balaban J connectivity index is 0.00000121. The van der Waals surface area contributed by atoms with Crippen molar-refractivity contribution in [3.8, 4) is 0 Å². The number of nitrogens with zero attached hydrogens (tertiary/aromatic N) is 1. The van der Waals surface area contributed by atoms with E-state index in [4.69, 9.17) is 11.6 Å². The summed E-state index contributed by atoms with van der Waals surface area (Å²) in [6.07, 6.45) is 1.66. The zero-order chi connectivity index (χ0) is 16.7. The van der Waals surface area contributed by atoms with E-state index in [-0.39, 0.29) is 30.0 Å². The number of benzene rings is 2. The minimum Gasteiger partial charge on any atom is -0.412 e. The number of hydrogen-bond acceptors (Lipinski definition) is 3. The van der Waals surface area contributed by atoms with Crippen molar-refractivity contribution in [3.63, 3.8) is 0 Å². The molecule has 2 aliphatic rings. The number of nitrogens with one attached hydrogen (secondary N) is 1. The summed E-state index contributed by atoms with van der Waals surface area (Å²) in [5.41, 5.74) is 1.82. The van der Waals surface area contributed by atoms with Crippen LogP contribution in [0.15, 0.2) is 53.4 Å². The van der Waals surface area contributed by atoms with Crippen molar-refractivity contribution in [1.82, 2.24) is 9.62 Å². The Morgan fingerprint density at radius 2 is 1.62 bits per heavy atom. The molecule has 0 amide bonds. The summed E-state index contributed by atoms with van der Waals surface area (Å²) < 4.78 is 28.2. The summed E-state index contributed by atoms with van der Waals surface area (Å²) in [4.78, 5) is 0.434. The normalized spacial score (nSPS) is 22.1. The van der Waals surface area contributed by atoms with Crippen LogP contribution in [-0.2, 0) is 10.0 Å². The number of halogens is 2. The largest absolute Gasteiger partial charge is 0.412 e. The highest BCUT2D eigenvalue weighted by molar-refractivity contribution is 7.89. The quantitative estimate of drug-likeness (QED) is 0.816. The lowest BCUT2D eigenvalue weighted by molar-refractivity contribution is 0.239. The summed E-state index contributed by atoms with van der Waals surface area (Å²) in [5, 5.41) is 3.96. The second-order valence-corrected chi connectivity index (χ2v) is 8.56. The van der Waals surface area contributed by atoms with E-state index in [0.29, 0.717) is 9.92 Å². The minimum atomic E-state index is -3.48. The van der Waals surface area contributed by atoms with Crippen LogP contribution in [0.1, 0.15) is 30.0 Å². The Bertz CT molecular complexity index is 853. The van der Waals surface area contributed by atoms with Gasteiger partial charge in [0.15, 0.2) is 0 Å². The summed E-state index contributed by atoms with van der Waals surface area (Å²) in [6, 6.07) is 14.6. The van der Waals surface area contributed by atoms with Crippen molar-refractivity contribution >= 4 is 34.0 Å².